The van der Waals surface area contributed by atoms with Crippen molar-refractivity contribution in [3.8, 4) is 11.4 Å². The first kappa shape index (κ1) is 23.6. The summed E-state index contributed by atoms with van der Waals surface area (Å²) >= 11 is 0. The molecule has 5 heterocycles. The van der Waals surface area contributed by atoms with Crippen molar-refractivity contribution in [2.75, 3.05) is 19.6 Å². The Morgan fingerprint density at radius 1 is 1.09 bits per heavy atom. The molecule has 3 fully saturated rings. The van der Waals surface area contributed by atoms with Crippen molar-refractivity contribution in [2.45, 2.75) is 57.4 Å². The van der Waals surface area contributed by atoms with Gasteiger partial charge in [-0.1, -0.05) is 32.0 Å². The molecular weight excluding hydrogens is 434 g/mol. The predicted molar refractivity (Wildman–Crippen MR) is 138 cm³/mol. The number of fused-ring (bicyclic) bond motifs is 3. The first-order valence-electron chi connectivity index (χ1n) is 13.0. The van der Waals surface area contributed by atoms with Crippen molar-refractivity contribution >= 4 is 5.91 Å². The molecule has 3 aromatic rings. The maximum absolute atomic E-state index is 12.6. The van der Waals surface area contributed by atoms with Gasteiger partial charge in [0.25, 0.3) is 5.91 Å². The molecule has 0 radical (unpaired) electrons. The molecule has 1 amide bonds. The van der Waals surface area contributed by atoms with Crippen LogP contribution in [-0.4, -0.2) is 51.4 Å². The van der Waals surface area contributed by atoms with Crippen LogP contribution in [0.5, 0.6) is 0 Å². The van der Waals surface area contributed by atoms with E-state index in [4.69, 9.17) is 9.97 Å². The minimum Gasteiger partial charge on any atom is -0.350 e. The third-order valence-corrected chi connectivity index (χ3v) is 7.90. The van der Waals surface area contributed by atoms with Gasteiger partial charge in [-0.15, -0.1) is 0 Å². The van der Waals surface area contributed by atoms with Crippen LogP contribution in [0.15, 0.2) is 60.9 Å². The minimum absolute atomic E-state index is 0.0115. The molecule has 6 rings (SSSR count). The summed E-state index contributed by atoms with van der Waals surface area (Å²) in [6.45, 7) is 7.26. The van der Waals surface area contributed by atoms with Crippen LogP contribution in [0, 0.1) is 5.92 Å². The van der Waals surface area contributed by atoms with Crippen molar-refractivity contribution in [1.29, 1.82) is 0 Å². The molecule has 4 atom stereocenters. The van der Waals surface area contributed by atoms with E-state index in [0.29, 0.717) is 30.3 Å². The number of carbonyl (C=O) groups is 1. The molecule has 182 valence electrons. The molecule has 1 aromatic carbocycles. The number of aromatic nitrogens is 3. The molecule has 4 unspecified atom stereocenters. The van der Waals surface area contributed by atoms with Crippen molar-refractivity contribution in [3.05, 3.63) is 77.9 Å². The highest BCUT2D eigenvalue weighted by Gasteiger charge is 2.41. The van der Waals surface area contributed by atoms with E-state index in [2.05, 4.69) is 35.1 Å². The van der Waals surface area contributed by atoms with Gasteiger partial charge >= 0.3 is 0 Å². The van der Waals surface area contributed by atoms with Gasteiger partial charge < -0.3 is 5.32 Å². The summed E-state index contributed by atoms with van der Waals surface area (Å²) in [4.78, 5) is 29.4. The number of amides is 1. The number of piperidine rings is 3. The second kappa shape index (κ2) is 10.6. The van der Waals surface area contributed by atoms with Gasteiger partial charge in [0.05, 0.1) is 0 Å². The molecule has 0 spiro atoms. The van der Waals surface area contributed by atoms with Crippen molar-refractivity contribution in [2.24, 2.45) is 5.92 Å². The first-order valence-corrected chi connectivity index (χ1v) is 13.0. The number of nitrogens with one attached hydrogen (secondary N) is 1. The van der Waals surface area contributed by atoms with E-state index in [1.165, 1.54) is 12.1 Å². The van der Waals surface area contributed by atoms with E-state index in [0.717, 1.165) is 55.0 Å². The molecule has 0 aliphatic carbocycles. The third-order valence-electron chi connectivity index (χ3n) is 7.90. The van der Waals surface area contributed by atoms with E-state index in [1.807, 2.05) is 54.9 Å². The monoisotopic (exact) mass is 469 g/mol. The average molecular weight is 470 g/mol. The molecular formula is C29H35N5O. The van der Waals surface area contributed by atoms with Crippen LogP contribution in [0.3, 0.4) is 0 Å². The smallest absolute Gasteiger partial charge is 0.251 e. The fourth-order valence-electron chi connectivity index (χ4n) is 5.81. The highest BCUT2D eigenvalue weighted by Crippen LogP contribution is 2.42. The van der Waals surface area contributed by atoms with E-state index < -0.39 is 0 Å². The Labute approximate surface area is 208 Å². The lowest BCUT2D eigenvalue weighted by atomic mass is 9.74. The van der Waals surface area contributed by atoms with E-state index in [-0.39, 0.29) is 5.91 Å². The number of nitrogens with zero attached hydrogens (tertiary/aromatic N) is 4. The van der Waals surface area contributed by atoms with Crippen LogP contribution in [0.25, 0.3) is 11.4 Å². The maximum Gasteiger partial charge on any atom is 0.251 e. The second-order valence-electron chi connectivity index (χ2n) is 9.91. The Morgan fingerprint density at radius 2 is 1.86 bits per heavy atom. The number of hydrogen-bond donors (Lipinski definition) is 1. The fraction of sp³-hybridized carbons (Fsp3) is 0.448. The van der Waals surface area contributed by atoms with E-state index >= 15 is 0 Å². The molecule has 6 heteroatoms. The zero-order valence-corrected chi connectivity index (χ0v) is 20.7. The largest absolute Gasteiger partial charge is 0.350 e. The van der Waals surface area contributed by atoms with Crippen LogP contribution in [0.1, 0.15) is 73.1 Å². The molecule has 3 aliphatic heterocycles. The minimum atomic E-state index is 0.0115. The van der Waals surface area contributed by atoms with Gasteiger partial charge in [0.2, 0.25) is 0 Å². The van der Waals surface area contributed by atoms with Crippen LogP contribution < -0.4 is 5.32 Å². The lowest BCUT2D eigenvalue weighted by Crippen LogP contribution is -2.56. The van der Waals surface area contributed by atoms with Crippen LogP contribution in [0.4, 0.5) is 0 Å². The van der Waals surface area contributed by atoms with Crippen molar-refractivity contribution in [1.82, 2.24) is 25.2 Å². The summed E-state index contributed by atoms with van der Waals surface area (Å²) in [6.07, 6.45) is 8.05. The Hall–Kier alpha value is -3.12. The predicted octanol–water partition coefficient (Wildman–Crippen LogP) is 5.05. The summed E-state index contributed by atoms with van der Waals surface area (Å²) < 4.78 is 0. The molecule has 2 bridgehead atoms. The number of carbonyl (C=O) groups excluding carboxylic acids is 1. The Bertz CT molecular complexity index is 1130. The summed E-state index contributed by atoms with van der Waals surface area (Å²) in [5, 5.41) is 3.17. The number of benzene rings is 1. The second-order valence-corrected chi connectivity index (χ2v) is 9.91. The van der Waals surface area contributed by atoms with Gasteiger partial charge in [-0.25, -0.2) is 9.97 Å². The lowest BCUT2D eigenvalue weighted by molar-refractivity contribution is 0.0290. The van der Waals surface area contributed by atoms with Gasteiger partial charge in [-0.3, -0.25) is 14.7 Å². The zero-order valence-electron chi connectivity index (χ0n) is 20.7. The quantitative estimate of drug-likeness (QED) is 0.500. The SMILES string of the molecule is CCC(CC)c1cc(C2CN3CCC2CC3CNC(=O)c2ccccc2)nc(-c2ccncc2)n1. The Morgan fingerprint density at radius 3 is 2.54 bits per heavy atom. The highest BCUT2D eigenvalue weighted by molar-refractivity contribution is 5.94. The molecule has 3 aliphatic rings. The molecule has 0 saturated carbocycles. The van der Waals surface area contributed by atoms with Crippen LogP contribution in [0.2, 0.25) is 0 Å². The summed E-state index contributed by atoms with van der Waals surface area (Å²) in [7, 11) is 0. The number of rotatable bonds is 8. The number of hydrogen-bond acceptors (Lipinski definition) is 5. The van der Waals surface area contributed by atoms with Gasteiger partial charge in [0.15, 0.2) is 5.82 Å². The van der Waals surface area contributed by atoms with Crippen molar-refractivity contribution in [3.63, 3.8) is 0 Å². The topological polar surface area (TPSA) is 71.0 Å². The van der Waals surface area contributed by atoms with E-state index in [9.17, 15) is 4.79 Å². The van der Waals surface area contributed by atoms with Gasteiger partial charge in [-0.05, 0) is 68.5 Å². The van der Waals surface area contributed by atoms with E-state index in [1.54, 1.807) is 0 Å². The standard InChI is InChI=1S/C29H35N5O/c1-3-20(4-2)26-17-27(33-28(32-26)21-10-13-30-14-11-21)25-19-34-15-12-23(25)16-24(34)18-31-29(35)22-8-6-5-7-9-22/h5-11,13-14,17,20,23-25H,3-4,12,15-16,18-19H2,1-2H3,(H,31,35). The maximum atomic E-state index is 12.6. The van der Waals surface area contributed by atoms with Crippen molar-refractivity contribution < 1.29 is 4.79 Å². The number of pyridine rings is 1. The highest BCUT2D eigenvalue weighted by atomic mass is 16.1. The zero-order chi connectivity index (χ0) is 24.2. The average Bonchev–Trinajstić information content (AvgIpc) is 2.93. The Kier molecular flexibility index (Phi) is 7.19. The first-order chi connectivity index (χ1) is 17.2. The fourth-order valence-corrected chi connectivity index (χ4v) is 5.81. The van der Waals surface area contributed by atoms with Crippen LogP contribution >= 0.6 is 0 Å². The molecule has 2 aromatic heterocycles. The summed E-state index contributed by atoms with van der Waals surface area (Å²) in [5.74, 6) is 2.25. The molecule has 6 nitrogen and oxygen atoms in total. The molecule has 3 saturated heterocycles. The Balaban J connectivity index is 1.34. The van der Waals surface area contributed by atoms with Gasteiger partial charge in [0.1, 0.15) is 0 Å². The third kappa shape index (κ3) is 5.13. The normalized spacial score (nSPS) is 23.4. The van der Waals surface area contributed by atoms with Gasteiger partial charge in [-0.2, -0.15) is 0 Å². The molecule has 35 heavy (non-hydrogen) atoms. The molecule has 1 N–H and O–H groups in total. The summed E-state index contributed by atoms with van der Waals surface area (Å²) in [6, 6.07) is 16.1. The van der Waals surface area contributed by atoms with Crippen LogP contribution in [-0.2, 0) is 0 Å². The summed E-state index contributed by atoms with van der Waals surface area (Å²) in [5.41, 5.74) is 4.09. The van der Waals surface area contributed by atoms with Gasteiger partial charge in [0, 0.05) is 65.9 Å². The lowest BCUT2D eigenvalue weighted by Gasteiger charge is -2.49.